The van der Waals surface area contributed by atoms with E-state index in [-0.39, 0.29) is 11.3 Å². The Morgan fingerprint density at radius 2 is 2.00 bits per heavy atom. The minimum atomic E-state index is -1.08. The second kappa shape index (κ2) is 2.84. The first-order valence-electron chi connectivity index (χ1n) is 5.29. The lowest BCUT2D eigenvalue weighted by Gasteiger charge is -2.64. The van der Waals surface area contributed by atoms with Gasteiger partial charge in [0.05, 0.1) is 5.60 Å². The molecule has 5 nitrogen and oxygen atoms in total. The van der Waals surface area contributed by atoms with Crippen molar-refractivity contribution < 1.29 is 15.0 Å². The van der Waals surface area contributed by atoms with E-state index in [9.17, 15) is 15.2 Å². The van der Waals surface area contributed by atoms with Gasteiger partial charge in [0, 0.05) is 0 Å². The number of nitrogens with zero attached hydrogens (tertiary/aromatic N) is 1. The second-order valence-corrected chi connectivity index (χ2v) is 5.59. The average molecular weight is 215 g/mol. The topological polar surface area (TPSA) is 72.6 Å². The van der Waals surface area contributed by atoms with Gasteiger partial charge in [0.15, 0.2) is 0 Å². The van der Waals surface area contributed by atoms with Crippen LogP contribution >= 0.6 is 0 Å². The highest BCUT2D eigenvalue weighted by molar-refractivity contribution is 5.12. The van der Waals surface area contributed by atoms with E-state index in [1.807, 2.05) is 0 Å². The van der Waals surface area contributed by atoms with Crippen LogP contribution in [0.5, 0.6) is 0 Å². The summed E-state index contributed by atoms with van der Waals surface area (Å²) in [6.45, 7) is 5.88. The first-order valence-corrected chi connectivity index (χ1v) is 5.29. The molecule has 2 bridgehead atoms. The molecule has 0 amide bonds. The molecule has 0 spiro atoms. The van der Waals surface area contributed by atoms with E-state index in [1.54, 1.807) is 6.92 Å². The molecule has 86 valence electrons. The molecule has 0 aliphatic heterocycles. The highest BCUT2D eigenvalue weighted by Crippen LogP contribution is 2.63. The zero-order valence-corrected chi connectivity index (χ0v) is 9.27. The van der Waals surface area contributed by atoms with E-state index < -0.39 is 16.8 Å². The predicted octanol–water partition coefficient (Wildman–Crippen LogP) is 1.38. The lowest BCUT2D eigenvalue weighted by atomic mass is 9.43. The van der Waals surface area contributed by atoms with Gasteiger partial charge >= 0.3 is 0 Å². The Labute approximate surface area is 88.5 Å². The first-order chi connectivity index (χ1) is 6.76. The summed E-state index contributed by atoms with van der Waals surface area (Å²) < 4.78 is 0. The number of rotatable bonds is 2. The molecule has 0 radical (unpaired) electrons. The summed E-state index contributed by atoms with van der Waals surface area (Å²) in [7, 11) is 0. The molecule has 3 aliphatic rings. The highest BCUT2D eigenvalue weighted by atomic mass is 17.0. The van der Waals surface area contributed by atoms with Crippen molar-refractivity contribution in [1.29, 1.82) is 0 Å². The van der Waals surface area contributed by atoms with Gasteiger partial charge in [-0.25, -0.2) is 0 Å². The van der Waals surface area contributed by atoms with Gasteiger partial charge in [0.2, 0.25) is 0 Å². The van der Waals surface area contributed by atoms with Crippen LogP contribution in [0.1, 0.15) is 33.6 Å². The first kappa shape index (κ1) is 10.7. The summed E-state index contributed by atoms with van der Waals surface area (Å²) in [6.07, 6.45) is 0.874. The summed E-state index contributed by atoms with van der Waals surface area (Å²) >= 11 is 0. The fraction of sp³-hybridized carbons (Fsp3) is 1.00. The maximum Gasteiger partial charge on any atom is 0.294 e. The molecular weight excluding hydrogens is 198 g/mol. The SMILES string of the molecule is CC1(C)C2CC(O[N+](=O)[O-])C(C)(O)C1C2. The van der Waals surface area contributed by atoms with Gasteiger partial charge < -0.3 is 9.94 Å². The maximum absolute atomic E-state index is 10.3. The van der Waals surface area contributed by atoms with Crippen LogP contribution in [0.25, 0.3) is 0 Å². The van der Waals surface area contributed by atoms with Crippen LogP contribution in [-0.2, 0) is 4.84 Å². The number of hydrogen-bond donors (Lipinski definition) is 1. The Hall–Kier alpha value is -0.840. The van der Waals surface area contributed by atoms with Crippen molar-refractivity contribution in [1.82, 2.24) is 0 Å². The third-order valence-electron chi connectivity index (χ3n) is 4.54. The zero-order chi connectivity index (χ0) is 11.4. The summed E-state index contributed by atoms with van der Waals surface area (Å²) in [5.41, 5.74) is -0.995. The molecule has 3 fully saturated rings. The molecule has 4 unspecified atom stereocenters. The monoisotopic (exact) mass is 215 g/mol. The van der Waals surface area contributed by atoms with Crippen LogP contribution in [0.15, 0.2) is 0 Å². The second-order valence-electron chi connectivity index (χ2n) is 5.59. The average Bonchev–Trinajstić information content (AvgIpc) is 2.06. The lowest BCUT2D eigenvalue weighted by molar-refractivity contribution is -0.775. The zero-order valence-electron chi connectivity index (χ0n) is 9.27. The number of aliphatic hydroxyl groups is 1. The summed E-state index contributed by atoms with van der Waals surface area (Å²) in [5, 5.41) is 19.8. The highest BCUT2D eigenvalue weighted by Gasteiger charge is 2.63. The fourth-order valence-electron chi connectivity index (χ4n) is 3.38. The Kier molecular flexibility index (Phi) is 2.02. The van der Waals surface area contributed by atoms with E-state index in [0.717, 1.165) is 6.42 Å². The number of hydrogen-bond acceptors (Lipinski definition) is 4. The van der Waals surface area contributed by atoms with Crippen LogP contribution in [0, 0.1) is 27.4 Å². The molecule has 0 saturated heterocycles. The van der Waals surface area contributed by atoms with Gasteiger partial charge in [0.1, 0.15) is 6.10 Å². The van der Waals surface area contributed by atoms with Gasteiger partial charge in [-0.1, -0.05) is 13.8 Å². The fourth-order valence-corrected chi connectivity index (χ4v) is 3.38. The van der Waals surface area contributed by atoms with Gasteiger partial charge in [0.25, 0.3) is 5.09 Å². The molecule has 4 atom stereocenters. The van der Waals surface area contributed by atoms with Crippen molar-refractivity contribution in [3.05, 3.63) is 10.1 Å². The van der Waals surface area contributed by atoms with E-state index in [0.29, 0.717) is 12.3 Å². The summed E-state index contributed by atoms with van der Waals surface area (Å²) in [6, 6.07) is 0. The Morgan fingerprint density at radius 3 is 2.40 bits per heavy atom. The van der Waals surface area contributed by atoms with Crippen molar-refractivity contribution in [2.45, 2.75) is 45.3 Å². The molecule has 1 N–H and O–H groups in total. The quantitative estimate of drug-likeness (QED) is 0.558. The molecule has 3 aliphatic carbocycles. The normalized spacial score (nSPS) is 46.8. The Morgan fingerprint density at radius 1 is 1.40 bits per heavy atom. The van der Waals surface area contributed by atoms with Crippen molar-refractivity contribution in [3.8, 4) is 0 Å². The minimum Gasteiger partial charge on any atom is -0.388 e. The summed E-state index contributed by atoms with van der Waals surface area (Å²) in [4.78, 5) is 14.9. The summed E-state index contributed by atoms with van der Waals surface area (Å²) in [5.74, 6) is 0.543. The van der Waals surface area contributed by atoms with Crippen LogP contribution in [0.3, 0.4) is 0 Å². The van der Waals surface area contributed by atoms with E-state index in [2.05, 4.69) is 18.7 Å². The molecular formula is C10H17NO4. The predicted molar refractivity (Wildman–Crippen MR) is 52.5 cm³/mol. The van der Waals surface area contributed by atoms with Crippen LogP contribution < -0.4 is 0 Å². The lowest BCUT2D eigenvalue weighted by Crippen LogP contribution is -2.67. The van der Waals surface area contributed by atoms with E-state index >= 15 is 0 Å². The van der Waals surface area contributed by atoms with E-state index in [4.69, 9.17) is 0 Å². The van der Waals surface area contributed by atoms with Gasteiger partial charge in [-0.15, -0.1) is 10.1 Å². The maximum atomic E-state index is 10.3. The van der Waals surface area contributed by atoms with Gasteiger partial charge in [-0.3, -0.25) is 0 Å². The molecule has 3 saturated carbocycles. The molecule has 0 aromatic carbocycles. The van der Waals surface area contributed by atoms with Crippen molar-refractivity contribution in [2.75, 3.05) is 0 Å². The molecule has 3 rings (SSSR count). The van der Waals surface area contributed by atoms with Gasteiger partial charge in [-0.05, 0) is 37.0 Å². The third-order valence-corrected chi connectivity index (χ3v) is 4.54. The van der Waals surface area contributed by atoms with Crippen molar-refractivity contribution in [2.24, 2.45) is 17.3 Å². The molecule has 5 heteroatoms. The Bertz CT molecular complexity index is 300. The smallest absolute Gasteiger partial charge is 0.294 e. The number of fused-ring (bicyclic) bond motifs is 2. The van der Waals surface area contributed by atoms with Crippen molar-refractivity contribution in [3.63, 3.8) is 0 Å². The molecule has 0 aromatic heterocycles. The van der Waals surface area contributed by atoms with E-state index in [1.165, 1.54) is 0 Å². The standard InChI is InChI=1S/C10H17NO4/c1-9(2)6-4-7(9)10(3,12)8(5-6)15-11(13)14/h6-8,12H,4-5H2,1-3H3. The van der Waals surface area contributed by atoms with Crippen molar-refractivity contribution >= 4 is 0 Å². The molecule has 0 heterocycles. The van der Waals surface area contributed by atoms with Crippen LogP contribution in [0.2, 0.25) is 0 Å². The minimum absolute atomic E-state index is 0.0833. The van der Waals surface area contributed by atoms with Crippen LogP contribution in [-0.4, -0.2) is 21.9 Å². The van der Waals surface area contributed by atoms with Crippen LogP contribution in [0.4, 0.5) is 0 Å². The third kappa shape index (κ3) is 1.33. The molecule has 15 heavy (non-hydrogen) atoms. The van der Waals surface area contributed by atoms with Gasteiger partial charge in [-0.2, -0.15) is 0 Å². The largest absolute Gasteiger partial charge is 0.388 e. The Balaban J connectivity index is 2.17. The molecule has 0 aromatic rings.